The number of hydrogen-bond acceptors (Lipinski definition) is 8. The lowest BCUT2D eigenvalue weighted by molar-refractivity contribution is 0.521. The molecule has 3 aromatic rings. The summed E-state index contributed by atoms with van der Waals surface area (Å²) in [4.78, 5) is 8.55. The zero-order valence-electron chi connectivity index (χ0n) is 17.1. The summed E-state index contributed by atoms with van der Waals surface area (Å²) >= 11 is 0. The van der Waals surface area contributed by atoms with Gasteiger partial charge >= 0.3 is 0 Å². The van der Waals surface area contributed by atoms with Crippen LogP contribution in [0.2, 0.25) is 0 Å². The van der Waals surface area contributed by atoms with Gasteiger partial charge in [-0.1, -0.05) is 12.1 Å². The van der Waals surface area contributed by atoms with Gasteiger partial charge in [-0.2, -0.15) is 0 Å². The smallest absolute Gasteiger partial charge is 0.242 e. The Morgan fingerprint density at radius 1 is 0.774 bits per heavy atom. The van der Waals surface area contributed by atoms with Gasteiger partial charge in [-0.05, 0) is 43.4 Å². The van der Waals surface area contributed by atoms with E-state index in [2.05, 4.69) is 25.3 Å². The molecular formula is C19H22N6O4S2. The molecule has 0 fully saturated rings. The fourth-order valence-electron chi connectivity index (χ4n) is 2.59. The van der Waals surface area contributed by atoms with Crippen molar-refractivity contribution in [2.75, 3.05) is 31.8 Å². The first-order valence-electron chi connectivity index (χ1n) is 9.04. The van der Waals surface area contributed by atoms with Crippen molar-refractivity contribution in [2.45, 2.75) is 9.79 Å². The highest BCUT2D eigenvalue weighted by Gasteiger charge is 2.17. The van der Waals surface area contributed by atoms with E-state index in [1.807, 2.05) is 0 Å². The van der Waals surface area contributed by atoms with Gasteiger partial charge in [0.15, 0.2) is 0 Å². The Labute approximate surface area is 181 Å². The van der Waals surface area contributed by atoms with Crippen LogP contribution in [0.3, 0.4) is 0 Å². The lowest BCUT2D eigenvalue weighted by atomic mass is 10.3. The van der Waals surface area contributed by atoms with E-state index in [0.29, 0.717) is 23.0 Å². The maximum atomic E-state index is 12.3. The van der Waals surface area contributed by atoms with Crippen LogP contribution in [0.25, 0.3) is 0 Å². The number of rotatable bonds is 8. The van der Waals surface area contributed by atoms with Crippen molar-refractivity contribution >= 4 is 43.1 Å². The molecule has 0 unspecified atom stereocenters. The van der Waals surface area contributed by atoms with Gasteiger partial charge in [0, 0.05) is 31.5 Å². The SMILES string of the molecule is CNS(=O)(=O)c1cccc(Nc2cc(Nc3cccc(S(=O)(=O)N(C)C)c3)ncn2)c1. The molecule has 0 bridgehead atoms. The van der Waals surface area contributed by atoms with Crippen molar-refractivity contribution in [2.24, 2.45) is 0 Å². The number of benzene rings is 2. The van der Waals surface area contributed by atoms with E-state index in [-0.39, 0.29) is 9.79 Å². The van der Waals surface area contributed by atoms with Crippen molar-refractivity contribution in [3.05, 3.63) is 60.9 Å². The summed E-state index contributed by atoms with van der Waals surface area (Å²) in [7, 11) is -2.86. The summed E-state index contributed by atoms with van der Waals surface area (Å²) in [5, 5.41) is 6.08. The fourth-order valence-corrected chi connectivity index (χ4v) is 4.32. The molecule has 164 valence electrons. The average Bonchev–Trinajstić information content (AvgIpc) is 2.74. The normalized spacial score (nSPS) is 12.0. The topological polar surface area (TPSA) is 133 Å². The van der Waals surface area contributed by atoms with Gasteiger partial charge in [0.2, 0.25) is 20.0 Å². The monoisotopic (exact) mass is 462 g/mol. The molecule has 0 saturated carbocycles. The second kappa shape index (κ2) is 8.98. The molecule has 0 spiro atoms. The molecule has 1 heterocycles. The van der Waals surface area contributed by atoms with Gasteiger partial charge in [-0.3, -0.25) is 0 Å². The van der Waals surface area contributed by atoms with Crippen LogP contribution in [0.1, 0.15) is 0 Å². The van der Waals surface area contributed by atoms with Crippen molar-refractivity contribution in [1.29, 1.82) is 0 Å². The van der Waals surface area contributed by atoms with Crippen LogP contribution in [0.5, 0.6) is 0 Å². The van der Waals surface area contributed by atoms with Gasteiger partial charge in [0.1, 0.15) is 18.0 Å². The quantitative estimate of drug-likeness (QED) is 0.464. The van der Waals surface area contributed by atoms with Crippen molar-refractivity contribution in [3.63, 3.8) is 0 Å². The van der Waals surface area contributed by atoms with E-state index in [1.54, 1.807) is 30.3 Å². The minimum atomic E-state index is -3.57. The van der Waals surface area contributed by atoms with Crippen LogP contribution < -0.4 is 15.4 Å². The first kappa shape index (κ1) is 22.6. The molecule has 1 aromatic heterocycles. The minimum absolute atomic E-state index is 0.117. The predicted octanol–water partition coefficient (Wildman–Crippen LogP) is 2.12. The summed E-state index contributed by atoms with van der Waals surface area (Å²) in [6.45, 7) is 0. The third-order valence-electron chi connectivity index (χ3n) is 4.24. The molecule has 0 aliphatic carbocycles. The number of nitrogens with zero attached hydrogens (tertiary/aromatic N) is 3. The maximum Gasteiger partial charge on any atom is 0.242 e. The molecule has 0 atom stereocenters. The van der Waals surface area contributed by atoms with E-state index in [4.69, 9.17) is 0 Å². The minimum Gasteiger partial charge on any atom is -0.340 e. The molecule has 0 aliphatic heterocycles. The van der Waals surface area contributed by atoms with E-state index in [1.165, 1.54) is 51.7 Å². The predicted molar refractivity (Wildman–Crippen MR) is 119 cm³/mol. The largest absolute Gasteiger partial charge is 0.340 e. The molecule has 10 nitrogen and oxygen atoms in total. The Morgan fingerprint density at radius 3 is 1.81 bits per heavy atom. The van der Waals surface area contributed by atoms with Gasteiger partial charge in [0.25, 0.3) is 0 Å². The second-order valence-electron chi connectivity index (χ2n) is 6.59. The van der Waals surface area contributed by atoms with E-state index >= 15 is 0 Å². The van der Waals surface area contributed by atoms with Crippen LogP contribution >= 0.6 is 0 Å². The Bertz CT molecular complexity index is 1290. The van der Waals surface area contributed by atoms with Crippen molar-refractivity contribution in [1.82, 2.24) is 19.0 Å². The molecule has 3 N–H and O–H groups in total. The highest BCUT2D eigenvalue weighted by molar-refractivity contribution is 7.89. The van der Waals surface area contributed by atoms with E-state index in [9.17, 15) is 16.8 Å². The zero-order chi connectivity index (χ0) is 22.6. The van der Waals surface area contributed by atoms with Gasteiger partial charge < -0.3 is 10.6 Å². The Hall–Kier alpha value is -3.06. The molecule has 31 heavy (non-hydrogen) atoms. The molecule has 12 heteroatoms. The number of sulfonamides is 2. The average molecular weight is 463 g/mol. The fraction of sp³-hybridized carbons (Fsp3) is 0.158. The van der Waals surface area contributed by atoms with Crippen molar-refractivity contribution < 1.29 is 16.8 Å². The Morgan fingerprint density at radius 2 is 1.29 bits per heavy atom. The van der Waals surface area contributed by atoms with E-state index < -0.39 is 20.0 Å². The molecule has 2 aromatic carbocycles. The van der Waals surface area contributed by atoms with Gasteiger partial charge in [0.05, 0.1) is 9.79 Å². The summed E-state index contributed by atoms with van der Waals surface area (Å²) in [5.74, 6) is 0.851. The summed E-state index contributed by atoms with van der Waals surface area (Å²) in [6.07, 6.45) is 1.33. The summed E-state index contributed by atoms with van der Waals surface area (Å²) in [6, 6.07) is 14.3. The Balaban J connectivity index is 1.82. The Kier molecular flexibility index (Phi) is 6.55. The van der Waals surface area contributed by atoms with Crippen LogP contribution in [0.4, 0.5) is 23.0 Å². The second-order valence-corrected chi connectivity index (χ2v) is 10.6. The molecule has 3 rings (SSSR count). The number of anilines is 4. The van der Waals surface area contributed by atoms with Gasteiger partial charge in [-0.15, -0.1) is 0 Å². The summed E-state index contributed by atoms with van der Waals surface area (Å²) < 4.78 is 52.0. The summed E-state index contributed by atoms with van der Waals surface area (Å²) in [5.41, 5.74) is 1.06. The van der Waals surface area contributed by atoms with Crippen LogP contribution in [-0.2, 0) is 20.0 Å². The molecule has 0 aliphatic rings. The number of nitrogens with one attached hydrogen (secondary N) is 3. The highest BCUT2D eigenvalue weighted by Crippen LogP contribution is 2.23. The van der Waals surface area contributed by atoms with Crippen LogP contribution in [-0.4, -0.2) is 52.3 Å². The van der Waals surface area contributed by atoms with Crippen LogP contribution in [0, 0.1) is 0 Å². The number of aromatic nitrogens is 2. The third kappa shape index (κ3) is 5.35. The number of hydrogen-bond donors (Lipinski definition) is 3. The first-order chi connectivity index (χ1) is 14.6. The maximum absolute atomic E-state index is 12.3. The molecular weight excluding hydrogens is 440 g/mol. The third-order valence-corrected chi connectivity index (χ3v) is 7.46. The standard InChI is InChI=1S/C19H22N6O4S2/c1-20-30(26,27)16-8-4-6-14(10-16)23-18-12-19(22-13-21-18)24-15-7-5-9-17(11-15)31(28,29)25(2)3/h4-13,20H,1-3H3,(H2,21,22,23,24). The molecule has 0 radical (unpaired) electrons. The van der Waals surface area contributed by atoms with Crippen LogP contribution in [0.15, 0.2) is 70.7 Å². The molecule has 0 saturated heterocycles. The van der Waals surface area contributed by atoms with Gasteiger partial charge in [-0.25, -0.2) is 35.8 Å². The zero-order valence-corrected chi connectivity index (χ0v) is 18.7. The van der Waals surface area contributed by atoms with Crippen molar-refractivity contribution in [3.8, 4) is 0 Å². The van der Waals surface area contributed by atoms with E-state index in [0.717, 1.165) is 4.31 Å². The first-order valence-corrected chi connectivity index (χ1v) is 12.0. The lowest BCUT2D eigenvalue weighted by Gasteiger charge is -2.13. The highest BCUT2D eigenvalue weighted by atomic mass is 32.2. The molecule has 0 amide bonds. The lowest BCUT2D eigenvalue weighted by Crippen LogP contribution is -2.22.